The van der Waals surface area contributed by atoms with E-state index in [1.54, 1.807) is 0 Å². The van der Waals surface area contributed by atoms with E-state index in [1.807, 2.05) is 11.9 Å². The third-order valence-electron chi connectivity index (χ3n) is 2.41. The Morgan fingerprint density at radius 3 is 2.93 bits per heavy atom. The molecule has 0 aromatic heterocycles. The van der Waals surface area contributed by atoms with Gasteiger partial charge in [0.1, 0.15) is 6.17 Å². The molecule has 82 valence electrons. The first-order chi connectivity index (χ1) is 6.58. The predicted octanol–water partition coefficient (Wildman–Crippen LogP) is 0.0929. The summed E-state index contributed by atoms with van der Waals surface area (Å²) in [6.07, 6.45) is -0.0625. The van der Waals surface area contributed by atoms with Crippen LogP contribution in [-0.2, 0) is 4.79 Å². The number of nitrogens with zero attached hydrogens (tertiary/aromatic N) is 1. The van der Waals surface area contributed by atoms with E-state index >= 15 is 0 Å². The van der Waals surface area contributed by atoms with E-state index in [2.05, 4.69) is 5.32 Å². The largest absolute Gasteiger partial charge is 0.481 e. The smallest absolute Gasteiger partial charge is 0.304 e. The monoisotopic (exact) mass is 204 g/mol. The molecule has 0 spiro atoms. The average Bonchev–Trinajstić information content (AvgIpc) is 2.48. The lowest BCUT2D eigenvalue weighted by atomic mass is 10.2. The van der Waals surface area contributed by atoms with Crippen LogP contribution < -0.4 is 5.32 Å². The maximum absolute atomic E-state index is 12.8. The Morgan fingerprint density at radius 1 is 1.71 bits per heavy atom. The SMILES string of the molecule is CN(CCC(=O)O)CC1CC(F)CN1. The number of likely N-dealkylation sites (N-methyl/N-ethyl adjacent to an activating group) is 1. The van der Waals surface area contributed by atoms with Crippen LogP contribution in [0.25, 0.3) is 0 Å². The molecule has 1 aliphatic rings. The first-order valence-corrected chi connectivity index (χ1v) is 4.85. The second-order valence-electron chi connectivity index (χ2n) is 3.84. The van der Waals surface area contributed by atoms with Crippen LogP contribution in [0.2, 0.25) is 0 Å². The van der Waals surface area contributed by atoms with Crippen molar-refractivity contribution in [1.29, 1.82) is 0 Å². The summed E-state index contributed by atoms with van der Waals surface area (Å²) in [6, 6.07) is 0.170. The lowest BCUT2D eigenvalue weighted by molar-refractivity contribution is -0.137. The van der Waals surface area contributed by atoms with Gasteiger partial charge in [-0.15, -0.1) is 0 Å². The minimum Gasteiger partial charge on any atom is -0.481 e. The van der Waals surface area contributed by atoms with Crippen LogP contribution in [-0.4, -0.2) is 54.9 Å². The molecule has 0 saturated carbocycles. The number of aliphatic carboxylic acids is 1. The van der Waals surface area contributed by atoms with Crippen molar-refractivity contribution in [3.05, 3.63) is 0 Å². The molecule has 2 atom stereocenters. The summed E-state index contributed by atoms with van der Waals surface area (Å²) in [4.78, 5) is 12.2. The topological polar surface area (TPSA) is 52.6 Å². The Labute approximate surface area is 83.1 Å². The highest BCUT2D eigenvalue weighted by Gasteiger charge is 2.24. The molecular weight excluding hydrogens is 187 g/mol. The van der Waals surface area contributed by atoms with Gasteiger partial charge in [0.25, 0.3) is 0 Å². The van der Waals surface area contributed by atoms with Gasteiger partial charge >= 0.3 is 5.97 Å². The van der Waals surface area contributed by atoms with Crippen LogP contribution in [0.4, 0.5) is 4.39 Å². The van der Waals surface area contributed by atoms with Crippen LogP contribution >= 0.6 is 0 Å². The molecule has 2 N–H and O–H groups in total. The molecule has 2 unspecified atom stereocenters. The van der Waals surface area contributed by atoms with Gasteiger partial charge in [-0.3, -0.25) is 4.79 Å². The Hall–Kier alpha value is -0.680. The van der Waals surface area contributed by atoms with Crippen molar-refractivity contribution in [3.63, 3.8) is 0 Å². The molecule has 0 amide bonds. The Balaban J connectivity index is 2.13. The molecule has 4 nitrogen and oxygen atoms in total. The third-order valence-corrected chi connectivity index (χ3v) is 2.41. The normalized spacial score (nSPS) is 27.1. The van der Waals surface area contributed by atoms with Gasteiger partial charge in [0.2, 0.25) is 0 Å². The van der Waals surface area contributed by atoms with Gasteiger partial charge in [0.05, 0.1) is 6.42 Å². The van der Waals surface area contributed by atoms with Crippen LogP contribution in [0.5, 0.6) is 0 Å². The molecule has 1 fully saturated rings. The molecule has 5 heteroatoms. The van der Waals surface area contributed by atoms with E-state index in [0.29, 0.717) is 26.1 Å². The predicted molar refractivity (Wildman–Crippen MR) is 51.1 cm³/mol. The van der Waals surface area contributed by atoms with Gasteiger partial charge in [-0.05, 0) is 13.5 Å². The van der Waals surface area contributed by atoms with E-state index in [0.717, 1.165) is 0 Å². The van der Waals surface area contributed by atoms with E-state index in [9.17, 15) is 9.18 Å². The number of alkyl halides is 1. The lowest BCUT2D eigenvalue weighted by Gasteiger charge is -2.19. The van der Waals surface area contributed by atoms with Crippen LogP contribution in [0.15, 0.2) is 0 Å². The van der Waals surface area contributed by atoms with Gasteiger partial charge in [-0.25, -0.2) is 4.39 Å². The minimum atomic E-state index is -0.792. The minimum absolute atomic E-state index is 0.141. The second-order valence-corrected chi connectivity index (χ2v) is 3.84. The summed E-state index contributed by atoms with van der Waals surface area (Å²) < 4.78 is 12.8. The molecule has 0 radical (unpaired) electrons. The first kappa shape index (κ1) is 11.4. The van der Waals surface area contributed by atoms with E-state index in [1.165, 1.54) is 0 Å². The summed E-state index contributed by atoms with van der Waals surface area (Å²) in [5, 5.41) is 11.5. The van der Waals surface area contributed by atoms with Gasteiger partial charge < -0.3 is 15.3 Å². The molecular formula is C9H17FN2O2. The molecule has 1 rings (SSSR count). The number of carboxylic acid groups (broad SMARTS) is 1. The number of rotatable bonds is 5. The highest BCUT2D eigenvalue weighted by molar-refractivity contribution is 5.66. The highest BCUT2D eigenvalue weighted by Crippen LogP contribution is 2.10. The number of nitrogens with one attached hydrogen (secondary N) is 1. The van der Waals surface area contributed by atoms with Gasteiger partial charge in [-0.2, -0.15) is 0 Å². The summed E-state index contributed by atoms with van der Waals surface area (Å²) in [6.45, 7) is 1.66. The van der Waals surface area contributed by atoms with Crippen molar-refractivity contribution in [2.45, 2.75) is 25.1 Å². The Morgan fingerprint density at radius 2 is 2.43 bits per heavy atom. The van der Waals surface area contributed by atoms with Crippen molar-refractivity contribution in [3.8, 4) is 0 Å². The standard InChI is InChI=1S/C9H17FN2O2/c1-12(3-2-9(13)14)6-8-4-7(10)5-11-8/h7-8,11H,2-6H2,1H3,(H,13,14). The van der Waals surface area contributed by atoms with Gasteiger partial charge in [0, 0.05) is 25.7 Å². The zero-order valence-electron chi connectivity index (χ0n) is 8.37. The third kappa shape index (κ3) is 4.02. The van der Waals surface area contributed by atoms with Gasteiger partial charge in [0.15, 0.2) is 0 Å². The molecule has 0 aromatic rings. The molecule has 1 saturated heterocycles. The highest BCUT2D eigenvalue weighted by atomic mass is 19.1. The number of carbonyl (C=O) groups is 1. The molecule has 1 heterocycles. The second kappa shape index (κ2) is 5.26. The van der Waals surface area contributed by atoms with E-state index in [-0.39, 0.29) is 12.5 Å². The number of hydrogen-bond donors (Lipinski definition) is 2. The Kier molecular flexibility index (Phi) is 4.28. The fourth-order valence-electron chi connectivity index (χ4n) is 1.66. The average molecular weight is 204 g/mol. The number of halogens is 1. The van der Waals surface area contributed by atoms with Crippen molar-refractivity contribution >= 4 is 5.97 Å². The van der Waals surface area contributed by atoms with Gasteiger partial charge in [-0.1, -0.05) is 0 Å². The molecule has 0 aromatic carbocycles. The van der Waals surface area contributed by atoms with E-state index < -0.39 is 12.1 Å². The Bertz CT molecular complexity index is 201. The molecule has 0 bridgehead atoms. The fourth-order valence-corrected chi connectivity index (χ4v) is 1.66. The molecule has 14 heavy (non-hydrogen) atoms. The lowest BCUT2D eigenvalue weighted by Crippen LogP contribution is -2.36. The van der Waals surface area contributed by atoms with Crippen LogP contribution in [0.1, 0.15) is 12.8 Å². The fraction of sp³-hybridized carbons (Fsp3) is 0.889. The molecule has 1 aliphatic heterocycles. The first-order valence-electron chi connectivity index (χ1n) is 4.85. The zero-order chi connectivity index (χ0) is 10.6. The van der Waals surface area contributed by atoms with E-state index in [4.69, 9.17) is 5.11 Å². The van der Waals surface area contributed by atoms with Crippen molar-refractivity contribution < 1.29 is 14.3 Å². The summed E-state index contributed by atoms with van der Waals surface area (Å²) >= 11 is 0. The maximum Gasteiger partial charge on any atom is 0.304 e. The van der Waals surface area contributed by atoms with Crippen molar-refractivity contribution in [1.82, 2.24) is 10.2 Å². The van der Waals surface area contributed by atoms with Crippen LogP contribution in [0, 0.1) is 0 Å². The quantitative estimate of drug-likeness (QED) is 0.666. The maximum atomic E-state index is 12.8. The van der Waals surface area contributed by atoms with Crippen LogP contribution in [0.3, 0.4) is 0 Å². The molecule has 0 aliphatic carbocycles. The van der Waals surface area contributed by atoms with Crippen molar-refractivity contribution in [2.75, 3.05) is 26.7 Å². The summed E-state index contributed by atoms with van der Waals surface area (Å²) in [5.74, 6) is -0.792. The number of carboxylic acids is 1. The number of hydrogen-bond acceptors (Lipinski definition) is 3. The van der Waals surface area contributed by atoms with Crippen molar-refractivity contribution in [2.24, 2.45) is 0 Å². The zero-order valence-corrected chi connectivity index (χ0v) is 8.37. The summed E-state index contributed by atoms with van der Waals surface area (Å²) in [5.41, 5.74) is 0. The summed E-state index contributed by atoms with van der Waals surface area (Å²) in [7, 11) is 1.86.